The molecule has 0 atom stereocenters. The van der Waals surface area contributed by atoms with Crippen LogP contribution < -0.4 is 0 Å². The lowest BCUT2D eigenvalue weighted by Gasteiger charge is -2.32. The summed E-state index contributed by atoms with van der Waals surface area (Å²) in [6.45, 7) is 7.63. The molecule has 0 aliphatic heterocycles. The highest BCUT2D eigenvalue weighted by Gasteiger charge is 2.36. The highest BCUT2D eigenvalue weighted by Crippen LogP contribution is 2.39. The van der Waals surface area contributed by atoms with Gasteiger partial charge in [0.05, 0.1) is 0 Å². The summed E-state index contributed by atoms with van der Waals surface area (Å²) in [5.41, 5.74) is 3.54. The molecular formula is C15H20O3. The van der Waals surface area contributed by atoms with Crippen LogP contribution in [-0.4, -0.2) is 16.0 Å². The van der Waals surface area contributed by atoms with Gasteiger partial charge in [-0.25, -0.2) is 0 Å². The van der Waals surface area contributed by atoms with Crippen LogP contribution >= 0.6 is 0 Å². The van der Waals surface area contributed by atoms with Gasteiger partial charge in [-0.3, -0.25) is 4.79 Å². The van der Waals surface area contributed by atoms with Crippen molar-refractivity contribution in [3.05, 3.63) is 33.9 Å². The number of ketones is 1. The Labute approximate surface area is 107 Å². The van der Waals surface area contributed by atoms with E-state index in [2.05, 4.69) is 0 Å². The van der Waals surface area contributed by atoms with E-state index in [4.69, 9.17) is 0 Å². The maximum absolute atomic E-state index is 12.5. The molecule has 0 radical (unpaired) electrons. The number of aliphatic hydroxyl groups is 2. The third kappa shape index (κ3) is 1.88. The molecule has 1 aromatic rings. The smallest absolute Gasteiger partial charge is 0.178 e. The molecule has 0 fully saturated rings. The minimum Gasteiger partial charge on any atom is -0.364 e. The van der Waals surface area contributed by atoms with E-state index in [0.717, 1.165) is 24.0 Å². The Balaban J connectivity index is 2.71. The Morgan fingerprint density at radius 1 is 1.28 bits per heavy atom. The average Bonchev–Trinajstić information content (AvgIpc) is 2.27. The maximum Gasteiger partial charge on any atom is 0.178 e. The summed E-state index contributed by atoms with van der Waals surface area (Å²) in [5.74, 6) is 0.117. The molecule has 18 heavy (non-hydrogen) atoms. The number of hydrogen-bond acceptors (Lipinski definition) is 3. The van der Waals surface area contributed by atoms with Crippen molar-refractivity contribution in [2.45, 2.75) is 46.8 Å². The maximum atomic E-state index is 12.5. The number of fused-ring (bicyclic) bond motifs is 1. The van der Waals surface area contributed by atoms with Gasteiger partial charge in [0.15, 0.2) is 12.1 Å². The zero-order chi connectivity index (χ0) is 13.7. The van der Waals surface area contributed by atoms with E-state index < -0.39 is 6.29 Å². The fourth-order valence-electron chi connectivity index (χ4n) is 2.78. The summed E-state index contributed by atoms with van der Waals surface area (Å²) in [6.07, 6.45) is 0.203. The second kappa shape index (κ2) is 4.18. The Morgan fingerprint density at radius 2 is 1.89 bits per heavy atom. The van der Waals surface area contributed by atoms with Crippen LogP contribution in [0.1, 0.15) is 59.2 Å². The zero-order valence-corrected chi connectivity index (χ0v) is 11.4. The molecule has 98 valence electrons. The van der Waals surface area contributed by atoms with Crippen molar-refractivity contribution in [3.8, 4) is 0 Å². The lowest BCUT2D eigenvalue weighted by atomic mass is 9.70. The van der Waals surface area contributed by atoms with Crippen molar-refractivity contribution in [2.24, 2.45) is 5.41 Å². The average molecular weight is 248 g/mol. The summed E-state index contributed by atoms with van der Waals surface area (Å²) in [4.78, 5) is 12.5. The molecule has 0 heterocycles. The Kier molecular flexibility index (Phi) is 3.07. The van der Waals surface area contributed by atoms with Crippen molar-refractivity contribution in [1.82, 2.24) is 0 Å². The van der Waals surface area contributed by atoms with E-state index in [1.165, 1.54) is 0 Å². The van der Waals surface area contributed by atoms with E-state index in [9.17, 15) is 15.0 Å². The third-order valence-corrected chi connectivity index (χ3v) is 4.08. The molecule has 3 nitrogen and oxygen atoms in total. The van der Waals surface area contributed by atoms with Crippen molar-refractivity contribution in [1.29, 1.82) is 0 Å². The molecule has 0 amide bonds. The number of Topliss-reactive ketones (excluding diaryl/α,β-unsaturated/α-hetero) is 1. The summed E-state index contributed by atoms with van der Waals surface area (Å²) in [5, 5.41) is 18.8. The molecule has 2 N–H and O–H groups in total. The molecule has 1 aliphatic rings. The second-order valence-corrected chi connectivity index (χ2v) is 5.85. The molecule has 0 saturated heterocycles. The first-order chi connectivity index (χ1) is 8.25. The molecule has 1 aromatic carbocycles. The van der Waals surface area contributed by atoms with E-state index in [0.29, 0.717) is 16.7 Å². The number of hydrogen-bond donors (Lipinski definition) is 2. The van der Waals surface area contributed by atoms with Crippen LogP contribution in [0.15, 0.2) is 6.07 Å². The summed E-state index contributed by atoms with van der Waals surface area (Å²) < 4.78 is 0. The van der Waals surface area contributed by atoms with Crippen LogP contribution in [0, 0.1) is 19.3 Å². The minimum atomic E-state index is -1.52. The van der Waals surface area contributed by atoms with Crippen molar-refractivity contribution < 1.29 is 15.0 Å². The number of carbonyl (C=O) groups excluding carboxylic acids is 1. The molecular weight excluding hydrogens is 228 g/mol. The standard InChI is InChI=1S/C15H20O3/c1-8-7-11(14(17)18)9(2)12-10(8)5-6-15(3,4)13(12)16/h7,14,17-18H,5-6H2,1-4H3. The topological polar surface area (TPSA) is 57.5 Å². The van der Waals surface area contributed by atoms with E-state index in [1.807, 2.05) is 20.8 Å². The largest absolute Gasteiger partial charge is 0.364 e. The third-order valence-electron chi connectivity index (χ3n) is 4.08. The van der Waals surface area contributed by atoms with Gasteiger partial charge in [0, 0.05) is 16.5 Å². The predicted octanol–water partition coefficient (Wildman–Crippen LogP) is 2.44. The number of aliphatic hydroxyl groups excluding tert-OH is 1. The normalized spacial score (nSPS) is 18.1. The van der Waals surface area contributed by atoms with Crippen LogP contribution in [0.3, 0.4) is 0 Å². The van der Waals surface area contributed by atoms with Crippen LogP contribution in [0.5, 0.6) is 0 Å². The molecule has 0 unspecified atom stereocenters. The second-order valence-electron chi connectivity index (χ2n) is 5.85. The van der Waals surface area contributed by atoms with Gasteiger partial charge in [-0.1, -0.05) is 19.9 Å². The van der Waals surface area contributed by atoms with Crippen LogP contribution in [0.4, 0.5) is 0 Å². The Bertz CT molecular complexity index is 513. The SMILES string of the molecule is Cc1cc(C(O)O)c(C)c2c1CCC(C)(C)C2=O. The van der Waals surface area contributed by atoms with Gasteiger partial charge in [-0.15, -0.1) is 0 Å². The lowest BCUT2D eigenvalue weighted by Crippen LogP contribution is -2.32. The first-order valence-corrected chi connectivity index (χ1v) is 6.29. The van der Waals surface area contributed by atoms with Gasteiger partial charge in [0.1, 0.15) is 0 Å². The molecule has 1 aliphatic carbocycles. The molecule has 0 aromatic heterocycles. The first kappa shape index (κ1) is 13.2. The van der Waals surface area contributed by atoms with Gasteiger partial charge >= 0.3 is 0 Å². The van der Waals surface area contributed by atoms with Gasteiger partial charge in [-0.05, 0) is 43.4 Å². The molecule has 3 heteroatoms. The first-order valence-electron chi connectivity index (χ1n) is 6.29. The minimum absolute atomic E-state index is 0.117. The highest BCUT2D eigenvalue weighted by atomic mass is 16.5. The molecule has 0 saturated carbocycles. The van der Waals surface area contributed by atoms with Crippen LogP contribution in [-0.2, 0) is 6.42 Å². The Hall–Kier alpha value is -1.19. The predicted molar refractivity (Wildman–Crippen MR) is 69.5 cm³/mol. The Morgan fingerprint density at radius 3 is 2.44 bits per heavy atom. The van der Waals surface area contributed by atoms with Crippen molar-refractivity contribution >= 4 is 5.78 Å². The lowest BCUT2D eigenvalue weighted by molar-refractivity contribution is -0.0430. The fraction of sp³-hybridized carbons (Fsp3) is 0.533. The monoisotopic (exact) mass is 248 g/mol. The number of benzene rings is 1. The van der Waals surface area contributed by atoms with Crippen LogP contribution in [0.25, 0.3) is 0 Å². The number of rotatable bonds is 1. The van der Waals surface area contributed by atoms with E-state index in [1.54, 1.807) is 13.0 Å². The quantitative estimate of drug-likeness (QED) is 0.750. The van der Waals surface area contributed by atoms with Gasteiger partial charge < -0.3 is 10.2 Å². The fourth-order valence-corrected chi connectivity index (χ4v) is 2.78. The molecule has 0 spiro atoms. The van der Waals surface area contributed by atoms with E-state index in [-0.39, 0.29) is 11.2 Å². The van der Waals surface area contributed by atoms with E-state index >= 15 is 0 Å². The number of carbonyl (C=O) groups is 1. The van der Waals surface area contributed by atoms with Crippen molar-refractivity contribution in [2.75, 3.05) is 0 Å². The van der Waals surface area contributed by atoms with Gasteiger partial charge in [0.2, 0.25) is 0 Å². The molecule has 2 rings (SSSR count). The van der Waals surface area contributed by atoms with Gasteiger partial charge in [-0.2, -0.15) is 0 Å². The van der Waals surface area contributed by atoms with Crippen LogP contribution in [0.2, 0.25) is 0 Å². The highest BCUT2D eigenvalue weighted by molar-refractivity contribution is 6.04. The van der Waals surface area contributed by atoms with Gasteiger partial charge in [0.25, 0.3) is 0 Å². The summed E-state index contributed by atoms with van der Waals surface area (Å²) in [6, 6.07) is 1.78. The zero-order valence-electron chi connectivity index (χ0n) is 11.4. The summed E-state index contributed by atoms with van der Waals surface area (Å²) in [7, 11) is 0. The molecule has 0 bridgehead atoms. The summed E-state index contributed by atoms with van der Waals surface area (Å²) >= 11 is 0. The number of aryl methyl sites for hydroxylation is 1. The van der Waals surface area contributed by atoms with Crippen molar-refractivity contribution in [3.63, 3.8) is 0 Å².